The Morgan fingerprint density at radius 1 is 1.50 bits per heavy atom. The average Bonchev–Trinajstić information content (AvgIpc) is 2.27. The number of ether oxygens (including phenoxy) is 1. The highest BCUT2D eigenvalue weighted by Crippen LogP contribution is 1.83. The van der Waals surface area contributed by atoms with Gasteiger partial charge in [-0.2, -0.15) is 0 Å². The van der Waals surface area contributed by atoms with Crippen LogP contribution in [-0.2, 0) is 4.74 Å². The zero-order valence-corrected chi connectivity index (χ0v) is 11.2. The van der Waals surface area contributed by atoms with E-state index < -0.39 is 0 Å². The van der Waals surface area contributed by atoms with E-state index in [0.717, 1.165) is 25.6 Å². The van der Waals surface area contributed by atoms with Gasteiger partial charge in [-0.15, -0.1) is 0 Å². The first-order valence-corrected chi connectivity index (χ1v) is 5.78. The summed E-state index contributed by atoms with van der Waals surface area (Å²) in [6.45, 7) is 7.85. The second kappa shape index (κ2) is 9.42. The monoisotopic (exact) mass is 230 g/mol. The molecule has 0 spiro atoms. The number of nitrogens with one attached hydrogen (secondary N) is 2. The summed E-state index contributed by atoms with van der Waals surface area (Å²) < 4.78 is 5.06. The van der Waals surface area contributed by atoms with Crippen LogP contribution in [0.1, 0.15) is 13.8 Å². The summed E-state index contributed by atoms with van der Waals surface area (Å²) in [5, 5.41) is 6.52. The van der Waals surface area contributed by atoms with Gasteiger partial charge >= 0.3 is 0 Å². The fourth-order valence-electron chi connectivity index (χ4n) is 1.24. The number of hydrogen-bond donors (Lipinski definition) is 2. The Kier molecular flexibility index (Phi) is 8.94. The third-order valence-electron chi connectivity index (χ3n) is 2.35. The van der Waals surface area contributed by atoms with E-state index >= 15 is 0 Å². The number of likely N-dealkylation sites (N-methyl/N-ethyl adjacent to an activating group) is 1. The lowest BCUT2D eigenvalue weighted by Crippen LogP contribution is -2.45. The molecule has 5 nitrogen and oxygen atoms in total. The summed E-state index contributed by atoms with van der Waals surface area (Å²) in [5.41, 5.74) is 0. The minimum Gasteiger partial charge on any atom is -0.383 e. The van der Waals surface area contributed by atoms with Gasteiger partial charge in [0, 0.05) is 33.3 Å². The molecule has 1 unspecified atom stereocenters. The first-order valence-electron chi connectivity index (χ1n) is 5.78. The number of rotatable bonds is 7. The molecule has 0 amide bonds. The molecule has 0 radical (unpaired) electrons. The van der Waals surface area contributed by atoms with E-state index in [4.69, 9.17) is 4.74 Å². The van der Waals surface area contributed by atoms with E-state index in [2.05, 4.69) is 41.4 Å². The van der Waals surface area contributed by atoms with Crippen LogP contribution in [-0.4, -0.2) is 64.3 Å². The number of methoxy groups -OCH3 is 1. The molecule has 16 heavy (non-hydrogen) atoms. The third-order valence-corrected chi connectivity index (χ3v) is 2.35. The summed E-state index contributed by atoms with van der Waals surface area (Å²) in [4.78, 5) is 6.40. The van der Waals surface area contributed by atoms with Crippen LogP contribution in [0, 0.1) is 0 Å². The van der Waals surface area contributed by atoms with Crippen molar-refractivity contribution in [1.82, 2.24) is 15.5 Å². The molecule has 0 aliphatic rings. The highest BCUT2D eigenvalue weighted by molar-refractivity contribution is 5.79. The van der Waals surface area contributed by atoms with Gasteiger partial charge in [0.25, 0.3) is 0 Å². The summed E-state index contributed by atoms with van der Waals surface area (Å²) in [6, 6.07) is 0.264. The molecule has 5 heteroatoms. The van der Waals surface area contributed by atoms with E-state index in [1.165, 1.54) is 0 Å². The van der Waals surface area contributed by atoms with Crippen molar-refractivity contribution in [3.63, 3.8) is 0 Å². The molecular formula is C11H26N4O. The zero-order chi connectivity index (χ0) is 12.4. The number of guanidine groups is 1. The highest BCUT2D eigenvalue weighted by Gasteiger charge is 2.04. The first kappa shape index (κ1) is 15.2. The average molecular weight is 230 g/mol. The predicted octanol–water partition coefficient (Wildman–Crippen LogP) is 0.138. The fraction of sp³-hybridized carbons (Fsp3) is 0.909. The fourth-order valence-corrected chi connectivity index (χ4v) is 1.24. The van der Waals surface area contributed by atoms with E-state index in [0.29, 0.717) is 6.61 Å². The van der Waals surface area contributed by atoms with Crippen molar-refractivity contribution in [2.24, 2.45) is 4.99 Å². The maximum absolute atomic E-state index is 5.06. The van der Waals surface area contributed by atoms with Gasteiger partial charge in [0.05, 0.1) is 6.61 Å². The van der Waals surface area contributed by atoms with E-state index in [-0.39, 0.29) is 6.04 Å². The molecule has 0 fully saturated rings. The van der Waals surface area contributed by atoms with Crippen LogP contribution in [0.2, 0.25) is 0 Å². The second-order valence-electron chi connectivity index (χ2n) is 3.90. The number of hydrogen-bond acceptors (Lipinski definition) is 3. The highest BCUT2D eigenvalue weighted by atomic mass is 16.5. The molecule has 0 aromatic carbocycles. The van der Waals surface area contributed by atoms with Crippen LogP contribution < -0.4 is 10.6 Å². The topological polar surface area (TPSA) is 48.9 Å². The molecule has 0 aliphatic carbocycles. The molecule has 0 heterocycles. The Balaban J connectivity index is 3.76. The Labute approximate surface area is 99.3 Å². The SMILES string of the molecule is CCN(C)CCNC(=NC)NC(C)COC. The van der Waals surface area contributed by atoms with Gasteiger partial charge in [-0.25, -0.2) is 0 Å². The van der Waals surface area contributed by atoms with Crippen molar-refractivity contribution in [3.05, 3.63) is 0 Å². The van der Waals surface area contributed by atoms with Crippen molar-refractivity contribution in [1.29, 1.82) is 0 Å². The Bertz CT molecular complexity index is 196. The molecule has 1 atom stereocenters. The Morgan fingerprint density at radius 3 is 2.69 bits per heavy atom. The molecule has 96 valence electrons. The number of nitrogens with zero attached hydrogens (tertiary/aromatic N) is 2. The maximum Gasteiger partial charge on any atom is 0.191 e. The summed E-state index contributed by atoms with van der Waals surface area (Å²) in [7, 11) is 5.58. The largest absolute Gasteiger partial charge is 0.383 e. The van der Waals surface area contributed by atoms with Crippen LogP contribution in [0.5, 0.6) is 0 Å². The van der Waals surface area contributed by atoms with Gasteiger partial charge in [-0.1, -0.05) is 6.92 Å². The lowest BCUT2D eigenvalue weighted by atomic mass is 10.4. The van der Waals surface area contributed by atoms with Crippen molar-refractivity contribution >= 4 is 5.96 Å². The summed E-state index contributed by atoms with van der Waals surface area (Å²) >= 11 is 0. The van der Waals surface area contributed by atoms with Gasteiger partial charge in [0.1, 0.15) is 0 Å². The maximum atomic E-state index is 5.06. The smallest absolute Gasteiger partial charge is 0.191 e. The van der Waals surface area contributed by atoms with Crippen molar-refractivity contribution in [2.75, 3.05) is 47.4 Å². The van der Waals surface area contributed by atoms with E-state index in [1.807, 2.05) is 0 Å². The van der Waals surface area contributed by atoms with Gasteiger partial charge in [-0.05, 0) is 20.5 Å². The van der Waals surface area contributed by atoms with Crippen molar-refractivity contribution < 1.29 is 4.74 Å². The van der Waals surface area contributed by atoms with Crippen molar-refractivity contribution in [3.8, 4) is 0 Å². The molecular weight excluding hydrogens is 204 g/mol. The van der Waals surface area contributed by atoms with Crippen molar-refractivity contribution in [2.45, 2.75) is 19.9 Å². The lowest BCUT2D eigenvalue weighted by Gasteiger charge is -2.19. The van der Waals surface area contributed by atoms with Gasteiger partial charge in [0.2, 0.25) is 0 Å². The van der Waals surface area contributed by atoms with Gasteiger partial charge < -0.3 is 20.3 Å². The Morgan fingerprint density at radius 2 is 2.19 bits per heavy atom. The minimum atomic E-state index is 0.264. The minimum absolute atomic E-state index is 0.264. The Hall–Kier alpha value is -0.810. The van der Waals surface area contributed by atoms with E-state index in [1.54, 1.807) is 14.2 Å². The zero-order valence-electron chi connectivity index (χ0n) is 11.2. The van der Waals surface area contributed by atoms with Crippen LogP contribution >= 0.6 is 0 Å². The van der Waals surface area contributed by atoms with Crippen LogP contribution in [0.3, 0.4) is 0 Å². The molecule has 0 aliphatic heterocycles. The van der Waals surface area contributed by atoms with Gasteiger partial charge in [0.15, 0.2) is 5.96 Å². The molecule has 0 saturated heterocycles. The predicted molar refractivity (Wildman–Crippen MR) is 69.0 cm³/mol. The molecule has 0 aromatic rings. The normalized spacial score (nSPS) is 14.0. The standard InChI is InChI=1S/C11H26N4O/c1-6-15(4)8-7-13-11(12-3)14-10(2)9-16-5/h10H,6-9H2,1-5H3,(H2,12,13,14). The molecule has 2 N–H and O–H groups in total. The lowest BCUT2D eigenvalue weighted by molar-refractivity contribution is 0.179. The van der Waals surface area contributed by atoms with Gasteiger partial charge in [-0.3, -0.25) is 4.99 Å². The summed E-state index contributed by atoms with van der Waals surface area (Å²) in [6.07, 6.45) is 0. The van der Waals surface area contributed by atoms with Crippen LogP contribution in [0.25, 0.3) is 0 Å². The molecule has 0 bridgehead atoms. The van der Waals surface area contributed by atoms with Crippen LogP contribution in [0.15, 0.2) is 4.99 Å². The molecule has 0 aromatic heterocycles. The molecule has 0 rings (SSSR count). The quantitative estimate of drug-likeness (QED) is 0.482. The van der Waals surface area contributed by atoms with E-state index in [9.17, 15) is 0 Å². The molecule has 0 saturated carbocycles. The number of aliphatic imine (C=N–C) groups is 1. The second-order valence-corrected chi connectivity index (χ2v) is 3.90. The van der Waals surface area contributed by atoms with Crippen LogP contribution in [0.4, 0.5) is 0 Å². The summed E-state index contributed by atoms with van der Waals surface area (Å²) in [5.74, 6) is 0.828. The third kappa shape index (κ3) is 7.48. The first-order chi connectivity index (χ1) is 7.63.